The van der Waals surface area contributed by atoms with Crippen molar-refractivity contribution in [3.8, 4) is 0 Å². The number of rotatable bonds is 9. The molecule has 0 saturated carbocycles. The zero-order chi connectivity index (χ0) is 23.8. The van der Waals surface area contributed by atoms with Crippen LogP contribution in [0.5, 0.6) is 0 Å². The van der Waals surface area contributed by atoms with Gasteiger partial charge in [-0.25, -0.2) is 12.7 Å². The minimum atomic E-state index is -3.71. The van der Waals surface area contributed by atoms with Crippen LogP contribution in [0.15, 0.2) is 47.6 Å². The normalized spacial score (nSPS) is 14.2. The zero-order valence-corrected chi connectivity index (χ0v) is 19.6. The maximum atomic E-state index is 13.0. The molecule has 1 aliphatic heterocycles. The van der Waals surface area contributed by atoms with E-state index in [1.54, 1.807) is 18.5 Å². The van der Waals surface area contributed by atoms with Crippen LogP contribution in [0.1, 0.15) is 22.3 Å². The minimum absolute atomic E-state index is 0.0322. The fourth-order valence-electron chi connectivity index (χ4n) is 3.32. The molecule has 1 aromatic carbocycles. The second-order valence-electron chi connectivity index (χ2n) is 7.70. The van der Waals surface area contributed by atoms with Gasteiger partial charge in [-0.05, 0) is 35.9 Å². The van der Waals surface area contributed by atoms with E-state index in [0.29, 0.717) is 38.5 Å². The molecule has 2 amide bonds. The highest BCUT2D eigenvalue weighted by atomic mass is 32.2. The number of benzene rings is 1. The molecule has 0 spiro atoms. The third kappa shape index (κ3) is 6.50. The number of nitrogens with zero attached hydrogens (tertiary/aromatic N) is 3. The number of carbonyl (C=O) groups is 2. The Bertz CT molecular complexity index is 1070. The predicted molar refractivity (Wildman–Crippen MR) is 123 cm³/mol. The molecule has 2 aromatic rings. The number of carbonyl (C=O) groups excluding carboxylic acids is 2. The average Bonchev–Trinajstić information content (AvgIpc) is 2.83. The van der Waals surface area contributed by atoms with Gasteiger partial charge in [-0.1, -0.05) is 0 Å². The first-order valence-corrected chi connectivity index (χ1v) is 12.1. The van der Waals surface area contributed by atoms with Gasteiger partial charge in [0.15, 0.2) is 0 Å². The number of aromatic nitrogens is 1. The highest BCUT2D eigenvalue weighted by molar-refractivity contribution is 7.89. The van der Waals surface area contributed by atoms with Crippen molar-refractivity contribution in [1.82, 2.24) is 19.9 Å². The van der Waals surface area contributed by atoms with Crippen LogP contribution in [0.4, 0.5) is 5.69 Å². The van der Waals surface area contributed by atoms with Crippen LogP contribution in [-0.4, -0.2) is 76.5 Å². The Morgan fingerprint density at radius 1 is 1.09 bits per heavy atom. The van der Waals surface area contributed by atoms with Gasteiger partial charge in [0.05, 0.1) is 23.7 Å². The largest absolute Gasteiger partial charge is 0.378 e. The van der Waals surface area contributed by atoms with Gasteiger partial charge in [-0.2, -0.15) is 0 Å². The van der Waals surface area contributed by atoms with E-state index >= 15 is 0 Å². The van der Waals surface area contributed by atoms with E-state index < -0.39 is 15.9 Å². The Morgan fingerprint density at radius 3 is 2.45 bits per heavy atom. The lowest BCUT2D eigenvalue weighted by Crippen LogP contribution is -2.38. The first kappa shape index (κ1) is 24.6. The van der Waals surface area contributed by atoms with E-state index in [2.05, 4.69) is 15.6 Å². The highest BCUT2D eigenvalue weighted by Gasteiger charge is 2.24. The van der Waals surface area contributed by atoms with Crippen molar-refractivity contribution in [3.05, 3.63) is 53.9 Å². The van der Waals surface area contributed by atoms with Crippen molar-refractivity contribution in [2.24, 2.45) is 0 Å². The Hall–Kier alpha value is -3.02. The maximum Gasteiger partial charge on any atom is 0.253 e. The first-order valence-electron chi connectivity index (χ1n) is 10.6. The van der Waals surface area contributed by atoms with E-state index in [1.807, 2.05) is 17.0 Å². The summed E-state index contributed by atoms with van der Waals surface area (Å²) in [4.78, 5) is 31.1. The van der Waals surface area contributed by atoms with Crippen molar-refractivity contribution in [2.75, 3.05) is 51.8 Å². The molecular formula is C22H29N5O5S. The third-order valence-corrected chi connectivity index (χ3v) is 7.03. The van der Waals surface area contributed by atoms with E-state index in [1.165, 1.54) is 26.2 Å². The van der Waals surface area contributed by atoms with Gasteiger partial charge in [0, 0.05) is 64.8 Å². The van der Waals surface area contributed by atoms with Crippen LogP contribution in [0.25, 0.3) is 0 Å². The molecule has 3 rings (SSSR count). The molecule has 0 radical (unpaired) electrons. The number of ether oxygens (including phenoxy) is 1. The molecule has 1 aliphatic rings. The van der Waals surface area contributed by atoms with Gasteiger partial charge in [0.2, 0.25) is 15.9 Å². The molecule has 0 aliphatic carbocycles. The molecule has 1 fully saturated rings. The van der Waals surface area contributed by atoms with Gasteiger partial charge >= 0.3 is 0 Å². The number of hydrogen-bond acceptors (Lipinski definition) is 7. The van der Waals surface area contributed by atoms with Gasteiger partial charge in [0.25, 0.3) is 5.91 Å². The molecule has 0 atom stereocenters. The molecular weight excluding hydrogens is 446 g/mol. The quantitative estimate of drug-likeness (QED) is 0.545. The molecule has 1 saturated heterocycles. The Kier molecular flexibility index (Phi) is 8.37. The monoisotopic (exact) mass is 475 g/mol. The van der Waals surface area contributed by atoms with E-state index in [0.717, 1.165) is 9.87 Å². The van der Waals surface area contributed by atoms with Crippen LogP contribution in [0, 0.1) is 0 Å². The van der Waals surface area contributed by atoms with Gasteiger partial charge in [0.1, 0.15) is 0 Å². The fourth-order valence-corrected chi connectivity index (χ4v) is 4.25. The summed E-state index contributed by atoms with van der Waals surface area (Å²) in [5.41, 5.74) is 1.81. The molecule has 2 N–H and O–H groups in total. The van der Waals surface area contributed by atoms with Crippen molar-refractivity contribution in [3.63, 3.8) is 0 Å². The summed E-state index contributed by atoms with van der Waals surface area (Å²) < 4.78 is 31.7. The molecule has 11 heteroatoms. The van der Waals surface area contributed by atoms with Crippen LogP contribution in [-0.2, 0) is 26.1 Å². The highest BCUT2D eigenvalue weighted by Crippen LogP contribution is 2.26. The van der Waals surface area contributed by atoms with Crippen LogP contribution < -0.4 is 15.5 Å². The number of sulfonamides is 1. The molecule has 0 unspecified atom stereocenters. The predicted octanol–water partition coefficient (Wildman–Crippen LogP) is 0.605. The summed E-state index contributed by atoms with van der Waals surface area (Å²) in [7, 11) is -0.826. The lowest BCUT2D eigenvalue weighted by Gasteiger charge is -2.30. The smallest absolute Gasteiger partial charge is 0.253 e. The summed E-state index contributed by atoms with van der Waals surface area (Å²) in [6, 6.07) is 8.16. The Balaban J connectivity index is 1.68. The van der Waals surface area contributed by atoms with Gasteiger partial charge in [-0.3, -0.25) is 14.6 Å². The zero-order valence-electron chi connectivity index (χ0n) is 18.8. The number of hydrogen-bond donors (Lipinski definition) is 2. The topological polar surface area (TPSA) is 121 Å². The lowest BCUT2D eigenvalue weighted by atomic mass is 10.1. The average molecular weight is 476 g/mol. The fraction of sp³-hybridized carbons (Fsp3) is 0.409. The van der Waals surface area contributed by atoms with Crippen molar-refractivity contribution >= 4 is 27.5 Å². The summed E-state index contributed by atoms with van der Waals surface area (Å²) in [6.45, 7) is 2.73. The van der Waals surface area contributed by atoms with E-state index in [4.69, 9.17) is 4.74 Å². The number of morpholine rings is 1. The Labute approximate surface area is 194 Å². The summed E-state index contributed by atoms with van der Waals surface area (Å²) in [5, 5.41) is 5.53. The summed E-state index contributed by atoms with van der Waals surface area (Å²) in [5.74, 6) is -0.640. The molecule has 0 bridgehead atoms. The second-order valence-corrected chi connectivity index (χ2v) is 9.86. The molecule has 33 heavy (non-hydrogen) atoms. The first-order chi connectivity index (χ1) is 15.8. The molecule has 178 valence electrons. The summed E-state index contributed by atoms with van der Waals surface area (Å²) >= 11 is 0. The number of pyridine rings is 1. The summed E-state index contributed by atoms with van der Waals surface area (Å²) in [6.07, 6.45) is 3.40. The van der Waals surface area contributed by atoms with Gasteiger partial charge < -0.3 is 20.3 Å². The maximum absolute atomic E-state index is 13.0. The lowest BCUT2D eigenvalue weighted by molar-refractivity contribution is -0.121. The van der Waals surface area contributed by atoms with E-state index in [9.17, 15) is 18.0 Å². The van der Waals surface area contributed by atoms with Gasteiger partial charge in [-0.15, -0.1) is 0 Å². The minimum Gasteiger partial charge on any atom is -0.378 e. The Morgan fingerprint density at radius 2 is 1.79 bits per heavy atom. The van der Waals surface area contributed by atoms with E-state index in [-0.39, 0.29) is 29.3 Å². The van der Waals surface area contributed by atoms with Crippen LogP contribution in [0.2, 0.25) is 0 Å². The van der Waals surface area contributed by atoms with Crippen molar-refractivity contribution in [2.45, 2.75) is 17.9 Å². The SMILES string of the molecule is CN(C)S(=O)(=O)c1ccc(N2CCOCC2)c(C(=O)NCCC(=O)NCc2ccncc2)c1. The van der Waals surface area contributed by atoms with Crippen LogP contribution in [0.3, 0.4) is 0 Å². The molecule has 2 heterocycles. The molecule has 10 nitrogen and oxygen atoms in total. The number of nitrogens with one attached hydrogen (secondary N) is 2. The second kappa shape index (κ2) is 11.2. The number of anilines is 1. The molecule has 1 aromatic heterocycles. The van der Waals surface area contributed by atoms with Crippen LogP contribution >= 0.6 is 0 Å². The van der Waals surface area contributed by atoms with Crippen molar-refractivity contribution in [1.29, 1.82) is 0 Å². The van der Waals surface area contributed by atoms with Crippen molar-refractivity contribution < 1.29 is 22.7 Å². The number of amides is 2. The third-order valence-electron chi connectivity index (χ3n) is 5.22. The standard InChI is InChI=1S/C22H29N5O5S/c1-26(2)33(30,31)18-3-4-20(27-11-13-32-14-12-27)19(15-18)22(29)24-10-7-21(28)25-16-17-5-8-23-9-6-17/h3-6,8-9,15H,7,10-14,16H2,1-2H3,(H,24,29)(H,25,28).